The number of ether oxygens (including phenoxy) is 1. The largest absolute Gasteiger partial charge is 0.378 e. The molecule has 1 aromatic carbocycles. The van der Waals surface area contributed by atoms with E-state index in [2.05, 4.69) is 65.4 Å². The van der Waals surface area contributed by atoms with Crippen LogP contribution in [0.1, 0.15) is 37.8 Å². The molecule has 3 rings (SSSR count). The minimum atomic E-state index is 0.744. The average molecular weight is 396 g/mol. The topological polar surface area (TPSA) is 53.0 Å². The van der Waals surface area contributed by atoms with Crippen molar-refractivity contribution >= 4 is 23.5 Å². The van der Waals surface area contributed by atoms with E-state index in [1.54, 1.807) is 0 Å². The smallest absolute Gasteiger partial charge is 0.150 e. The molecule has 1 saturated heterocycles. The lowest BCUT2D eigenvalue weighted by molar-refractivity contribution is 0.122. The van der Waals surface area contributed by atoms with Crippen molar-refractivity contribution in [3.05, 3.63) is 47.5 Å². The molecule has 1 aliphatic rings. The van der Waals surface area contributed by atoms with Crippen LogP contribution in [-0.4, -0.2) is 50.6 Å². The summed E-state index contributed by atoms with van der Waals surface area (Å²) in [5, 5.41) is 4.43. The van der Waals surface area contributed by atoms with Gasteiger partial charge in [0.2, 0.25) is 0 Å². The number of pyridine rings is 1. The summed E-state index contributed by atoms with van der Waals surface area (Å²) in [5.74, 6) is 1.75. The number of hydrazone groups is 1. The zero-order valence-corrected chi connectivity index (χ0v) is 17.9. The van der Waals surface area contributed by atoms with Crippen molar-refractivity contribution in [2.45, 2.75) is 33.6 Å². The summed E-state index contributed by atoms with van der Waals surface area (Å²) in [6.45, 7) is 11.8. The van der Waals surface area contributed by atoms with E-state index in [-0.39, 0.29) is 0 Å². The Morgan fingerprint density at radius 1 is 1.14 bits per heavy atom. The van der Waals surface area contributed by atoms with Crippen molar-refractivity contribution < 1.29 is 4.74 Å². The number of hydrogen-bond acceptors (Lipinski definition) is 6. The number of morpholine rings is 1. The minimum Gasteiger partial charge on any atom is -0.378 e. The second-order valence-electron chi connectivity index (χ2n) is 7.44. The predicted octanol–water partition coefficient (Wildman–Crippen LogP) is 4.30. The standard InChI is InChI=1S/C23H33N5O/c1-4-9-27(10-5-2)21-16-22(25-23(17-21)28-11-13-29-14-12-28)26-24-18-20-8-6-7-19(3)15-20/h6-8,15-18H,4-5,9-14H2,1-3H3,(H,25,26)/b24-18+. The number of anilines is 3. The van der Waals surface area contributed by atoms with E-state index in [9.17, 15) is 0 Å². The van der Waals surface area contributed by atoms with Gasteiger partial charge in [-0.25, -0.2) is 4.98 Å². The highest BCUT2D eigenvalue weighted by Gasteiger charge is 2.16. The van der Waals surface area contributed by atoms with E-state index >= 15 is 0 Å². The van der Waals surface area contributed by atoms with Gasteiger partial charge in [-0.1, -0.05) is 43.7 Å². The Bertz CT molecular complexity index is 796. The Balaban J connectivity index is 1.84. The molecular formula is C23H33N5O. The molecule has 1 aromatic heterocycles. The summed E-state index contributed by atoms with van der Waals surface area (Å²) < 4.78 is 5.51. The lowest BCUT2D eigenvalue weighted by Gasteiger charge is -2.30. The van der Waals surface area contributed by atoms with Crippen LogP contribution in [0.5, 0.6) is 0 Å². The van der Waals surface area contributed by atoms with Gasteiger partial charge in [-0.2, -0.15) is 5.10 Å². The molecule has 0 saturated carbocycles. The summed E-state index contributed by atoms with van der Waals surface area (Å²) >= 11 is 0. The molecule has 0 aliphatic carbocycles. The quantitative estimate of drug-likeness (QED) is 0.507. The van der Waals surface area contributed by atoms with Crippen molar-refractivity contribution in [3.63, 3.8) is 0 Å². The van der Waals surface area contributed by atoms with Gasteiger partial charge in [0, 0.05) is 44.0 Å². The summed E-state index contributed by atoms with van der Waals surface area (Å²) in [5.41, 5.74) is 6.63. The number of nitrogens with zero attached hydrogens (tertiary/aromatic N) is 4. The van der Waals surface area contributed by atoms with Crippen LogP contribution >= 0.6 is 0 Å². The zero-order valence-electron chi connectivity index (χ0n) is 17.9. The Morgan fingerprint density at radius 2 is 1.90 bits per heavy atom. The molecule has 6 nitrogen and oxygen atoms in total. The fourth-order valence-corrected chi connectivity index (χ4v) is 3.53. The molecule has 156 valence electrons. The van der Waals surface area contributed by atoms with Crippen molar-refractivity contribution in [2.24, 2.45) is 5.10 Å². The van der Waals surface area contributed by atoms with Crippen LogP contribution in [0.3, 0.4) is 0 Å². The second-order valence-corrected chi connectivity index (χ2v) is 7.44. The third-order valence-electron chi connectivity index (χ3n) is 4.92. The van der Waals surface area contributed by atoms with Gasteiger partial charge in [-0.15, -0.1) is 0 Å². The predicted molar refractivity (Wildman–Crippen MR) is 122 cm³/mol. The first-order valence-corrected chi connectivity index (χ1v) is 10.6. The van der Waals surface area contributed by atoms with E-state index in [0.29, 0.717) is 0 Å². The summed E-state index contributed by atoms with van der Waals surface area (Å²) in [7, 11) is 0. The van der Waals surface area contributed by atoms with Gasteiger partial charge < -0.3 is 14.5 Å². The van der Waals surface area contributed by atoms with Crippen LogP contribution in [0.15, 0.2) is 41.5 Å². The molecule has 0 radical (unpaired) electrons. The Hall–Kier alpha value is -2.60. The maximum atomic E-state index is 5.51. The van der Waals surface area contributed by atoms with Crippen LogP contribution in [0, 0.1) is 6.92 Å². The fourth-order valence-electron chi connectivity index (χ4n) is 3.53. The summed E-state index contributed by atoms with van der Waals surface area (Å²) in [6.07, 6.45) is 4.07. The highest BCUT2D eigenvalue weighted by Crippen LogP contribution is 2.26. The number of benzene rings is 1. The van der Waals surface area contributed by atoms with Crippen molar-refractivity contribution in [3.8, 4) is 0 Å². The van der Waals surface area contributed by atoms with Crippen LogP contribution in [0.25, 0.3) is 0 Å². The van der Waals surface area contributed by atoms with Gasteiger partial charge in [0.05, 0.1) is 19.4 Å². The van der Waals surface area contributed by atoms with E-state index in [4.69, 9.17) is 9.72 Å². The Morgan fingerprint density at radius 3 is 2.59 bits per heavy atom. The van der Waals surface area contributed by atoms with E-state index in [1.165, 1.54) is 11.3 Å². The summed E-state index contributed by atoms with van der Waals surface area (Å²) in [6, 6.07) is 12.6. The van der Waals surface area contributed by atoms with E-state index in [1.807, 2.05) is 18.3 Å². The van der Waals surface area contributed by atoms with Crippen LogP contribution in [0.2, 0.25) is 0 Å². The number of hydrogen-bond donors (Lipinski definition) is 1. The SMILES string of the molecule is CCCN(CCC)c1cc(N/N=C/c2cccc(C)c2)nc(N2CCOCC2)c1. The van der Waals surface area contributed by atoms with Crippen LogP contribution in [-0.2, 0) is 4.74 Å². The van der Waals surface area contributed by atoms with E-state index in [0.717, 1.165) is 69.4 Å². The van der Waals surface area contributed by atoms with Gasteiger partial charge in [0.15, 0.2) is 5.82 Å². The van der Waals surface area contributed by atoms with Gasteiger partial charge in [0.1, 0.15) is 5.82 Å². The molecule has 29 heavy (non-hydrogen) atoms. The molecular weight excluding hydrogens is 362 g/mol. The molecule has 1 fully saturated rings. The van der Waals surface area contributed by atoms with E-state index < -0.39 is 0 Å². The highest BCUT2D eigenvalue weighted by molar-refractivity contribution is 5.80. The van der Waals surface area contributed by atoms with Gasteiger partial charge >= 0.3 is 0 Å². The van der Waals surface area contributed by atoms with Crippen molar-refractivity contribution in [2.75, 3.05) is 54.6 Å². The van der Waals surface area contributed by atoms with Crippen molar-refractivity contribution in [1.29, 1.82) is 0 Å². The van der Waals surface area contributed by atoms with Crippen molar-refractivity contribution in [1.82, 2.24) is 4.98 Å². The second kappa shape index (κ2) is 10.8. The molecule has 0 amide bonds. The maximum absolute atomic E-state index is 5.51. The number of aromatic nitrogens is 1. The maximum Gasteiger partial charge on any atom is 0.150 e. The molecule has 6 heteroatoms. The number of rotatable bonds is 9. The monoisotopic (exact) mass is 395 g/mol. The van der Waals surface area contributed by atoms with Crippen LogP contribution < -0.4 is 15.2 Å². The molecule has 2 heterocycles. The van der Waals surface area contributed by atoms with Crippen LogP contribution in [0.4, 0.5) is 17.3 Å². The Labute approximate surface area is 174 Å². The molecule has 1 aliphatic heterocycles. The highest BCUT2D eigenvalue weighted by atomic mass is 16.5. The first-order chi connectivity index (χ1) is 14.2. The lowest BCUT2D eigenvalue weighted by atomic mass is 10.2. The molecule has 0 bridgehead atoms. The number of aryl methyl sites for hydroxylation is 1. The molecule has 0 unspecified atom stereocenters. The zero-order chi connectivity index (χ0) is 20.5. The molecule has 2 aromatic rings. The third-order valence-corrected chi connectivity index (χ3v) is 4.92. The Kier molecular flexibility index (Phi) is 7.87. The van der Waals surface area contributed by atoms with Gasteiger partial charge in [-0.05, 0) is 25.3 Å². The molecule has 0 spiro atoms. The lowest BCUT2D eigenvalue weighted by Crippen LogP contribution is -2.37. The molecule has 0 atom stereocenters. The fraction of sp³-hybridized carbons (Fsp3) is 0.478. The molecule has 1 N–H and O–H groups in total. The normalized spacial score (nSPS) is 14.4. The summed E-state index contributed by atoms with van der Waals surface area (Å²) in [4.78, 5) is 9.55. The third kappa shape index (κ3) is 6.19. The van der Waals surface area contributed by atoms with Gasteiger partial charge in [-0.3, -0.25) is 5.43 Å². The first-order valence-electron chi connectivity index (χ1n) is 10.6. The minimum absolute atomic E-state index is 0.744. The van der Waals surface area contributed by atoms with Gasteiger partial charge in [0.25, 0.3) is 0 Å². The first kappa shape index (κ1) is 21.1. The average Bonchev–Trinajstić information content (AvgIpc) is 2.74. The number of nitrogens with one attached hydrogen (secondary N) is 1.